The quantitative estimate of drug-likeness (QED) is 0.700. The Kier molecular flexibility index (Phi) is 6.21. The first-order chi connectivity index (χ1) is 14.9. The number of piperidine rings is 1. The van der Waals surface area contributed by atoms with Crippen molar-refractivity contribution in [2.45, 2.75) is 62.1 Å². The van der Waals surface area contributed by atoms with Crippen molar-refractivity contribution in [2.75, 3.05) is 19.4 Å². The van der Waals surface area contributed by atoms with Gasteiger partial charge in [-0.2, -0.15) is 13.2 Å². The molecule has 2 aromatic rings. The number of rotatable bonds is 4. The van der Waals surface area contributed by atoms with Crippen molar-refractivity contribution in [1.29, 1.82) is 0 Å². The minimum atomic E-state index is -4.49. The third-order valence-corrected chi connectivity index (χ3v) is 9.10. The summed E-state index contributed by atoms with van der Waals surface area (Å²) in [6.45, 7) is 3.01. The second-order valence-electron chi connectivity index (χ2n) is 8.66. The maximum atomic E-state index is 13.6. The number of hydrogen-bond acceptors (Lipinski definition) is 6. The van der Waals surface area contributed by atoms with Crippen LogP contribution in [0.25, 0.3) is 0 Å². The van der Waals surface area contributed by atoms with Crippen molar-refractivity contribution < 1.29 is 31.4 Å². The highest BCUT2D eigenvalue weighted by atomic mass is 32.2. The van der Waals surface area contributed by atoms with Crippen LogP contribution in [0, 0.1) is 0 Å². The molecule has 2 atom stereocenters. The van der Waals surface area contributed by atoms with Crippen molar-refractivity contribution in [3.63, 3.8) is 0 Å². The number of aliphatic hydroxyl groups excluding tert-OH is 1. The molecule has 1 aromatic carbocycles. The number of halogens is 3. The third-order valence-electron chi connectivity index (χ3n) is 6.46. The van der Waals surface area contributed by atoms with Crippen LogP contribution >= 0.6 is 11.3 Å². The molecule has 32 heavy (non-hydrogen) atoms. The first-order valence-corrected chi connectivity index (χ1v) is 13.2. The molecule has 10 heteroatoms. The summed E-state index contributed by atoms with van der Waals surface area (Å²) < 4.78 is 70.2. The van der Waals surface area contributed by atoms with Gasteiger partial charge in [0.2, 0.25) is 0 Å². The number of sulfone groups is 1. The number of benzene rings is 1. The standard InChI is InChI=1S/C22H26F3NO4S2/c1-14-11-21(8-9-26(14)12-15-3-5-16(6-4-15)32(2,28)29)19-17(7-10-30-21)18(13-27)20(31-19)22(23,24)25/h3-6,14,27H,7-13H2,1-2H3/t14-,21+/m0/s1. The molecule has 1 aromatic heterocycles. The highest BCUT2D eigenvalue weighted by Crippen LogP contribution is 2.51. The number of thiophene rings is 1. The van der Waals surface area contributed by atoms with Crippen LogP contribution in [0.2, 0.25) is 0 Å². The molecule has 1 spiro atoms. The summed E-state index contributed by atoms with van der Waals surface area (Å²) in [5, 5.41) is 9.66. The van der Waals surface area contributed by atoms with E-state index in [0.717, 1.165) is 16.9 Å². The van der Waals surface area contributed by atoms with Gasteiger partial charge < -0.3 is 9.84 Å². The van der Waals surface area contributed by atoms with E-state index in [1.807, 2.05) is 6.92 Å². The molecule has 5 nitrogen and oxygen atoms in total. The Morgan fingerprint density at radius 1 is 1.28 bits per heavy atom. The fourth-order valence-corrected chi connectivity index (χ4v) is 6.88. The van der Waals surface area contributed by atoms with Gasteiger partial charge in [0.1, 0.15) is 10.5 Å². The van der Waals surface area contributed by atoms with Crippen LogP contribution in [-0.2, 0) is 45.9 Å². The number of likely N-dealkylation sites (tertiary alicyclic amines) is 1. The molecular weight excluding hydrogens is 463 g/mol. The number of alkyl halides is 3. The first kappa shape index (κ1) is 23.7. The van der Waals surface area contributed by atoms with Crippen molar-refractivity contribution in [1.82, 2.24) is 4.90 Å². The van der Waals surface area contributed by atoms with E-state index >= 15 is 0 Å². The van der Waals surface area contributed by atoms with E-state index in [1.54, 1.807) is 24.3 Å². The molecule has 0 saturated carbocycles. The van der Waals surface area contributed by atoms with Crippen LogP contribution in [-0.4, -0.2) is 43.9 Å². The van der Waals surface area contributed by atoms with E-state index in [-0.39, 0.29) is 16.5 Å². The van der Waals surface area contributed by atoms with Gasteiger partial charge in [-0.05, 0) is 49.4 Å². The predicted molar refractivity (Wildman–Crippen MR) is 115 cm³/mol. The van der Waals surface area contributed by atoms with Crippen LogP contribution in [0.15, 0.2) is 29.2 Å². The van der Waals surface area contributed by atoms with E-state index in [9.17, 15) is 26.7 Å². The third kappa shape index (κ3) is 4.35. The van der Waals surface area contributed by atoms with Crippen molar-refractivity contribution >= 4 is 21.2 Å². The second kappa shape index (κ2) is 8.39. The zero-order valence-corrected chi connectivity index (χ0v) is 19.5. The lowest BCUT2D eigenvalue weighted by molar-refractivity contribution is -0.135. The summed E-state index contributed by atoms with van der Waals surface area (Å²) in [6, 6.07) is 6.84. The molecule has 1 fully saturated rings. The van der Waals surface area contributed by atoms with Gasteiger partial charge in [-0.1, -0.05) is 12.1 Å². The fourth-order valence-electron chi connectivity index (χ4n) is 4.84. The van der Waals surface area contributed by atoms with Gasteiger partial charge in [-0.25, -0.2) is 8.42 Å². The molecule has 0 aliphatic carbocycles. The molecule has 0 unspecified atom stereocenters. The SMILES string of the molecule is C[C@H]1C[C@@]2(CCN1Cc1ccc(S(C)(=O)=O)cc1)OCCc1c2sc(C(F)(F)F)c1CO. The van der Waals surface area contributed by atoms with E-state index in [4.69, 9.17) is 4.74 Å². The highest BCUT2D eigenvalue weighted by Gasteiger charge is 2.48. The van der Waals surface area contributed by atoms with Gasteiger partial charge in [0.25, 0.3) is 0 Å². The van der Waals surface area contributed by atoms with Gasteiger partial charge in [0.15, 0.2) is 9.84 Å². The summed E-state index contributed by atoms with van der Waals surface area (Å²) in [5.74, 6) is 0. The summed E-state index contributed by atoms with van der Waals surface area (Å²) in [4.78, 5) is 2.41. The smallest absolute Gasteiger partial charge is 0.392 e. The van der Waals surface area contributed by atoms with Gasteiger partial charge in [-0.15, -0.1) is 11.3 Å². The number of hydrogen-bond donors (Lipinski definition) is 1. The zero-order valence-electron chi connectivity index (χ0n) is 17.9. The molecule has 3 heterocycles. The van der Waals surface area contributed by atoms with Gasteiger partial charge >= 0.3 is 6.18 Å². The Bertz CT molecular complexity index is 1100. The summed E-state index contributed by atoms with van der Waals surface area (Å²) in [5.41, 5.74) is 0.819. The average molecular weight is 490 g/mol. The molecule has 1 saturated heterocycles. The topological polar surface area (TPSA) is 66.8 Å². The van der Waals surface area contributed by atoms with Crippen LogP contribution in [0.5, 0.6) is 0 Å². The molecule has 2 aliphatic heterocycles. The van der Waals surface area contributed by atoms with Crippen molar-refractivity contribution in [3.8, 4) is 0 Å². The van der Waals surface area contributed by atoms with Crippen molar-refractivity contribution in [2.24, 2.45) is 0 Å². The zero-order chi connectivity index (χ0) is 23.3. The predicted octanol–water partition coefficient (Wildman–Crippen LogP) is 4.12. The Morgan fingerprint density at radius 2 is 1.97 bits per heavy atom. The Morgan fingerprint density at radius 3 is 2.53 bits per heavy atom. The average Bonchev–Trinajstić information content (AvgIpc) is 3.11. The molecule has 1 N–H and O–H groups in total. The number of aliphatic hydroxyl groups is 1. The lowest BCUT2D eigenvalue weighted by atomic mass is 9.81. The minimum Gasteiger partial charge on any atom is -0.392 e. The van der Waals surface area contributed by atoms with E-state index in [0.29, 0.717) is 49.4 Å². The summed E-state index contributed by atoms with van der Waals surface area (Å²) in [7, 11) is -3.25. The molecule has 0 amide bonds. The van der Waals surface area contributed by atoms with Gasteiger partial charge in [-0.3, -0.25) is 4.90 Å². The largest absolute Gasteiger partial charge is 0.425 e. The molecule has 176 valence electrons. The number of fused-ring (bicyclic) bond motifs is 2. The van der Waals surface area contributed by atoms with Crippen molar-refractivity contribution in [3.05, 3.63) is 50.7 Å². The van der Waals surface area contributed by atoms with Crippen LogP contribution < -0.4 is 0 Å². The lowest BCUT2D eigenvalue weighted by Crippen LogP contribution is -2.50. The molecular formula is C22H26F3NO4S2. The maximum Gasteiger partial charge on any atom is 0.425 e. The number of ether oxygens (including phenoxy) is 1. The van der Waals surface area contributed by atoms with E-state index < -0.39 is 33.1 Å². The van der Waals surface area contributed by atoms with Gasteiger partial charge in [0.05, 0.1) is 18.1 Å². The van der Waals surface area contributed by atoms with Crippen LogP contribution in [0.3, 0.4) is 0 Å². The molecule has 0 radical (unpaired) electrons. The first-order valence-electron chi connectivity index (χ1n) is 10.4. The van der Waals surface area contributed by atoms with E-state index in [2.05, 4.69) is 4.90 Å². The molecule has 2 aliphatic rings. The second-order valence-corrected chi connectivity index (χ2v) is 11.7. The minimum absolute atomic E-state index is 0.00113. The fraction of sp³-hybridized carbons (Fsp3) is 0.545. The lowest BCUT2D eigenvalue weighted by Gasteiger charge is -2.47. The van der Waals surface area contributed by atoms with E-state index in [1.165, 1.54) is 6.26 Å². The highest BCUT2D eigenvalue weighted by molar-refractivity contribution is 7.90. The Hall–Kier alpha value is -1.46. The Labute approximate surface area is 189 Å². The van der Waals surface area contributed by atoms with Crippen LogP contribution in [0.1, 0.15) is 46.2 Å². The van der Waals surface area contributed by atoms with Crippen LogP contribution in [0.4, 0.5) is 13.2 Å². The Balaban J connectivity index is 1.56. The molecule has 4 rings (SSSR count). The summed E-state index contributed by atoms with van der Waals surface area (Å²) >= 11 is 0.725. The van der Waals surface area contributed by atoms with Gasteiger partial charge in [0, 0.05) is 35.8 Å². The summed E-state index contributed by atoms with van der Waals surface area (Å²) in [6.07, 6.45) is -1.82. The number of nitrogens with zero attached hydrogens (tertiary/aromatic N) is 1. The maximum absolute atomic E-state index is 13.6. The monoisotopic (exact) mass is 489 g/mol. The molecule has 0 bridgehead atoms. The normalized spacial score (nSPS) is 24.6.